The molecule has 0 radical (unpaired) electrons. The first-order valence-electron chi connectivity index (χ1n) is 30.7. The van der Waals surface area contributed by atoms with E-state index in [9.17, 15) is 28.9 Å². The van der Waals surface area contributed by atoms with Crippen LogP contribution in [-0.2, 0) is 42.2 Å². The third kappa shape index (κ3) is 58.0. The summed E-state index contributed by atoms with van der Waals surface area (Å²) in [6.07, 6.45) is 78.2. The number of aliphatic hydroxyl groups excluding tert-OH is 1. The summed E-state index contributed by atoms with van der Waals surface area (Å²) in [4.78, 5) is 48.6. The number of allylic oxidation sites excluding steroid dienone is 23. The van der Waals surface area contributed by atoms with Crippen molar-refractivity contribution in [2.45, 2.75) is 238 Å². The number of hydrogen-bond acceptors (Lipinski definition) is 10. The van der Waals surface area contributed by atoms with E-state index in [1.807, 2.05) is 12.2 Å². The number of hydrogen-bond donors (Lipinski definition) is 2. The van der Waals surface area contributed by atoms with Crippen LogP contribution in [0, 0.1) is 0 Å². The van der Waals surface area contributed by atoms with Gasteiger partial charge in [-0.25, -0.2) is 4.57 Å². The summed E-state index contributed by atoms with van der Waals surface area (Å²) in [7, 11) is -4.79. The van der Waals surface area contributed by atoms with Crippen molar-refractivity contribution in [1.29, 1.82) is 0 Å². The highest BCUT2D eigenvalue weighted by molar-refractivity contribution is 7.47. The lowest BCUT2D eigenvalue weighted by Gasteiger charge is -2.21. The molecule has 0 aromatic rings. The maximum atomic E-state index is 12.9. The second-order valence-corrected chi connectivity index (χ2v) is 21.2. The average molecular weight is 1130 g/mol. The number of aliphatic hydroxyl groups is 1. The van der Waals surface area contributed by atoms with Crippen molar-refractivity contribution >= 4 is 25.7 Å². The first-order valence-corrected chi connectivity index (χ1v) is 32.2. The number of phosphoric ester groups is 1. The Morgan fingerprint density at radius 2 is 0.688 bits per heavy atom. The monoisotopic (exact) mass is 1130 g/mol. The number of phosphoric acid groups is 1. The summed E-state index contributed by atoms with van der Waals surface area (Å²) in [6, 6.07) is 0. The van der Waals surface area contributed by atoms with E-state index in [0.717, 1.165) is 141 Å². The number of carbonyl (C=O) groups excluding carboxylic acids is 3. The standard InChI is InChI=1S/C68H109O11P/c1-4-7-10-13-16-19-22-25-28-30-32-34-37-40-43-46-49-52-55-58-67(71)78-64(60-69)62-76-80(73,74)77-63-65(61-75-66(70)57-54-51-48-45-42-39-36-27-24-21-18-15-12-9-6-3)79-68(72)59-56-53-50-47-44-41-38-35-33-31-29-26-23-20-17-14-11-8-5-2/h8-9,11-12,16-21,25-29,32-36,42,45,51,54,64-65,69H,4-7,10,13-15,22-24,30-31,37-41,43-44,46-50,52-53,55-63H2,1-3H3,(H,73,74)/b11-8-,12-9-,19-16-,20-17-,21-18-,28-25-,29-26-,34-32-,35-33-,36-27-,45-42-,54-51-. The first kappa shape index (κ1) is 75.4. The molecule has 2 N–H and O–H groups in total. The minimum atomic E-state index is -4.79. The Kier molecular flexibility index (Phi) is 56.9. The van der Waals surface area contributed by atoms with E-state index in [1.165, 1.54) is 25.7 Å². The number of unbranched alkanes of at least 4 members (excludes halogenated alkanes) is 15. The van der Waals surface area contributed by atoms with E-state index in [1.54, 1.807) is 6.08 Å². The van der Waals surface area contributed by atoms with Crippen molar-refractivity contribution in [2.24, 2.45) is 0 Å². The van der Waals surface area contributed by atoms with E-state index in [2.05, 4.69) is 148 Å². The van der Waals surface area contributed by atoms with Crippen molar-refractivity contribution in [3.05, 3.63) is 146 Å². The van der Waals surface area contributed by atoms with Crippen molar-refractivity contribution in [3.8, 4) is 0 Å². The summed E-state index contributed by atoms with van der Waals surface area (Å²) < 4.78 is 39.5. The Balaban J connectivity index is 4.83. The van der Waals surface area contributed by atoms with Crippen molar-refractivity contribution in [2.75, 3.05) is 26.4 Å². The molecule has 452 valence electrons. The molecule has 0 spiro atoms. The van der Waals surface area contributed by atoms with Gasteiger partial charge in [-0.15, -0.1) is 0 Å². The largest absolute Gasteiger partial charge is 0.472 e. The van der Waals surface area contributed by atoms with E-state index in [-0.39, 0.29) is 19.3 Å². The summed E-state index contributed by atoms with van der Waals surface area (Å²) in [5.41, 5.74) is 0. The number of carbonyl (C=O) groups is 3. The molecule has 0 saturated heterocycles. The van der Waals surface area contributed by atoms with Gasteiger partial charge in [0.1, 0.15) is 12.7 Å². The van der Waals surface area contributed by atoms with Crippen molar-refractivity contribution in [3.63, 3.8) is 0 Å². The van der Waals surface area contributed by atoms with Gasteiger partial charge in [-0.05, 0) is 122 Å². The van der Waals surface area contributed by atoms with Gasteiger partial charge in [0.15, 0.2) is 6.10 Å². The Hall–Kier alpha value is -4.64. The molecule has 0 aliphatic carbocycles. The van der Waals surface area contributed by atoms with Gasteiger partial charge < -0.3 is 24.2 Å². The normalized spacial score (nSPS) is 14.3. The molecular weight excluding hydrogens is 1020 g/mol. The van der Waals surface area contributed by atoms with Crippen LogP contribution in [0.2, 0.25) is 0 Å². The molecule has 0 saturated carbocycles. The fourth-order valence-corrected chi connectivity index (χ4v) is 8.45. The van der Waals surface area contributed by atoms with Gasteiger partial charge in [0, 0.05) is 12.8 Å². The molecule has 0 aliphatic heterocycles. The van der Waals surface area contributed by atoms with E-state index >= 15 is 0 Å². The Morgan fingerprint density at radius 1 is 0.375 bits per heavy atom. The second-order valence-electron chi connectivity index (χ2n) is 19.8. The predicted molar refractivity (Wildman–Crippen MR) is 334 cm³/mol. The third-order valence-corrected chi connectivity index (χ3v) is 13.2. The molecule has 0 amide bonds. The molecular formula is C68H109O11P. The van der Waals surface area contributed by atoms with Crippen LogP contribution in [0.25, 0.3) is 0 Å². The Labute approximate surface area is 486 Å². The topological polar surface area (TPSA) is 155 Å². The number of ether oxygens (including phenoxy) is 3. The van der Waals surface area contributed by atoms with Gasteiger partial charge in [-0.3, -0.25) is 23.4 Å². The van der Waals surface area contributed by atoms with E-state index < -0.39 is 64.4 Å². The van der Waals surface area contributed by atoms with Crippen LogP contribution < -0.4 is 0 Å². The number of rotatable bonds is 55. The highest BCUT2D eigenvalue weighted by atomic mass is 31.2. The van der Waals surface area contributed by atoms with Crippen LogP contribution in [0.3, 0.4) is 0 Å². The second kappa shape index (κ2) is 60.5. The van der Waals surface area contributed by atoms with Crippen LogP contribution in [0.4, 0.5) is 0 Å². The molecule has 80 heavy (non-hydrogen) atoms. The smallest absolute Gasteiger partial charge is 0.461 e. The van der Waals surface area contributed by atoms with Crippen LogP contribution in [0.5, 0.6) is 0 Å². The fourth-order valence-electron chi connectivity index (χ4n) is 7.66. The molecule has 0 fully saturated rings. The zero-order valence-corrected chi connectivity index (χ0v) is 50.9. The molecule has 0 aliphatic rings. The van der Waals surface area contributed by atoms with Crippen molar-refractivity contribution < 1.29 is 52.2 Å². The van der Waals surface area contributed by atoms with Gasteiger partial charge in [-0.2, -0.15) is 0 Å². The van der Waals surface area contributed by atoms with Gasteiger partial charge in [0.25, 0.3) is 0 Å². The average Bonchev–Trinajstić information content (AvgIpc) is 3.45. The quantitative estimate of drug-likeness (QED) is 0.0197. The highest BCUT2D eigenvalue weighted by Crippen LogP contribution is 2.43. The zero-order valence-electron chi connectivity index (χ0n) is 50.0. The third-order valence-electron chi connectivity index (χ3n) is 12.3. The maximum absolute atomic E-state index is 12.9. The molecule has 0 bridgehead atoms. The first-order chi connectivity index (χ1) is 39.2. The summed E-state index contributed by atoms with van der Waals surface area (Å²) >= 11 is 0. The van der Waals surface area contributed by atoms with Gasteiger partial charge in [-0.1, -0.05) is 231 Å². The van der Waals surface area contributed by atoms with E-state index in [4.69, 9.17) is 23.3 Å². The molecule has 0 aromatic heterocycles. The SMILES string of the molecule is CC/C=C\C/C=C\C/C=C\C/C=C\C/C=C\CC(=O)OCC(COP(=O)(O)OCC(CO)OC(=O)CCCCCCCC/C=C\C/C=C\C/C=C\CCCCC)OC(=O)CCCCCCCC/C=C\C/C=C\C/C=C\C/C=C\CC. The van der Waals surface area contributed by atoms with Crippen LogP contribution in [0.15, 0.2) is 146 Å². The van der Waals surface area contributed by atoms with Crippen LogP contribution in [-0.4, -0.2) is 66.5 Å². The molecule has 3 atom stereocenters. The minimum absolute atomic E-state index is 0.0177. The minimum Gasteiger partial charge on any atom is -0.461 e. The van der Waals surface area contributed by atoms with Gasteiger partial charge in [0.2, 0.25) is 0 Å². The molecule has 0 rings (SSSR count). The summed E-state index contributed by atoms with van der Waals surface area (Å²) in [5.74, 6) is -1.66. The highest BCUT2D eigenvalue weighted by Gasteiger charge is 2.28. The lowest BCUT2D eigenvalue weighted by atomic mass is 10.1. The summed E-state index contributed by atoms with van der Waals surface area (Å²) in [6.45, 7) is 4.24. The number of esters is 3. The lowest BCUT2D eigenvalue weighted by Crippen LogP contribution is -2.30. The van der Waals surface area contributed by atoms with Gasteiger partial charge >= 0.3 is 25.7 Å². The molecule has 0 aromatic carbocycles. The van der Waals surface area contributed by atoms with E-state index in [0.29, 0.717) is 19.3 Å². The maximum Gasteiger partial charge on any atom is 0.472 e. The summed E-state index contributed by atoms with van der Waals surface area (Å²) in [5, 5.41) is 9.85. The fraction of sp³-hybridized carbons (Fsp3) is 0.603. The molecule has 0 heterocycles. The van der Waals surface area contributed by atoms with Crippen molar-refractivity contribution in [1.82, 2.24) is 0 Å². The molecule has 3 unspecified atom stereocenters. The van der Waals surface area contributed by atoms with Crippen LogP contribution in [0.1, 0.15) is 226 Å². The van der Waals surface area contributed by atoms with Gasteiger partial charge in [0.05, 0.1) is 26.2 Å². The molecule has 12 heteroatoms. The predicted octanol–water partition coefficient (Wildman–Crippen LogP) is 18.7. The molecule has 11 nitrogen and oxygen atoms in total. The Morgan fingerprint density at radius 3 is 1.06 bits per heavy atom. The lowest BCUT2D eigenvalue weighted by molar-refractivity contribution is -0.161. The Bertz CT molecular complexity index is 1900. The van der Waals surface area contributed by atoms with Crippen LogP contribution >= 0.6 is 7.82 Å². The zero-order chi connectivity index (χ0) is 58.3.